The molecule has 0 aliphatic heterocycles. The van der Waals surface area contributed by atoms with Crippen molar-refractivity contribution in [1.82, 2.24) is 0 Å². The third kappa shape index (κ3) is 4.79. The highest BCUT2D eigenvalue weighted by molar-refractivity contribution is 6.32. The summed E-state index contributed by atoms with van der Waals surface area (Å²) in [6.07, 6.45) is 0.883. The fourth-order valence-corrected chi connectivity index (χ4v) is 2.50. The maximum Gasteiger partial charge on any atom is 0.255 e. The van der Waals surface area contributed by atoms with Gasteiger partial charge < -0.3 is 19.5 Å². The Morgan fingerprint density at radius 1 is 1.12 bits per heavy atom. The van der Waals surface area contributed by atoms with Gasteiger partial charge >= 0.3 is 0 Å². The Bertz CT molecular complexity index is 733. The summed E-state index contributed by atoms with van der Waals surface area (Å²) >= 11 is 6.23. The van der Waals surface area contributed by atoms with Crippen LogP contribution in [0.1, 0.15) is 30.6 Å². The number of nitrogens with one attached hydrogen (secondary N) is 1. The molecule has 0 radical (unpaired) electrons. The van der Waals surface area contributed by atoms with Gasteiger partial charge in [-0.25, -0.2) is 0 Å². The summed E-state index contributed by atoms with van der Waals surface area (Å²) < 4.78 is 16.4. The summed E-state index contributed by atoms with van der Waals surface area (Å²) in [6, 6.07) is 10.5. The third-order valence-corrected chi connectivity index (χ3v) is 3.66. The number of methoxy groups -OCH3 is 1. The molecule has 2 rings (SSSR count). The first-order valence-electron chi connectivity index (χ1n) is 8.14. The Balaban J connectivity index is 2.26. The minimum atomic E-state index is -0.309. The minimum absolute atomic E-state index is 0.309. The van der Waals surface area contributed by atoms with Crippen molar-refractivity contribution in [3.8, 4) is 17.2 Å². The third-order valence-electron chi connectivity index (χ3n) is 3.38. The van der Waals surface area contributed by atoms with Crippen molar-refractivity contribution in [1.29, 1.82) is 0 Å². The highest BCUT2D eigenvalue weighted by atomic mass is 35.5. The van der Waals surface area contributed by atoms with Gasteiger partial charge in [0, 0.05) is 5.56 Å². The monoisotopic (exact) mass is 363 g/mol. The van der Waals surface area contributed by atoms with Gasteiger partial charge in [0.2, 0.25) is 0 Å². The van der Waals surface area contributed by atoms with Crippen molar-refractivity contribution in [2.75, 3.05) is 25.6 Å². The van der Waals surface area contributed by atoms with Crippen molar-refractivity contribution in [3.63, 3.8) is 0 Å². The molecule has 1 N–H and O–H groups in total. The molecule has 6 heteroatoms. The van der Waals surface area contributed by atoms with Gasteiger partial charge in [0.1, 0.15) is 5.75 Å². The lowest BCUT2D eigenvalue weighted by atomic mass is 10.1. The van der Waals surface area contributed by atoms with Crippen molar-refractivity contribution in [2.45, 2.75) is 20.3 Å². The number of hydrogen-bond acceptors (Lipinski definition) is 4. The van der Waals surface area contributed by atoms with Gasteiger partial charge in [0.15, 0.2) is 11.5 Å². The number of halogens is 1. The average Bonchev–Trinajstić information content (AvgIpc) is 2.62. The molecule has 134 valence electrons. The van der Waals surface area contributed by atoms with Gasteiger partial charge in [0.05, 0.1) is 31.0 Å². The van der Waals surface area contributed by atoms with Gasteiger partial charge in [0.25, 0.3) is 5.91 Å². The zero-order valence-electron chi connectivity index (χ0n) is 14.6. The summed E-state index contributed by atoms with van der Waals surface area (Å²) in [4.78, 5) is 12.6. The van der Waals surface area contributed by atoms with Gasteiger partial charge in [-0.2, -0.15) is 0 Å². The summed E-state index contributed by atoms with van der Waals surface area (Å²) in [7, 11) is 1.50. The van der Waals surface area contributed by atoms with E-state index in [-0.39, 0.29) is 5.91 Å². The van der Waals surface area contributed by atoms with Crippen LogP contribution in [0.3, 0.4) is 0 Å². The van der Waals surface area contributed by atoms with Crippen LogP contribution < -0.4 is 19.5 Å². The topological polar surface area (TPSA) is 56.8 Å². The predicted octanol–water partition coefficient (Wildman–Crippen LogP) is 4.79. The lowest BCUT2D eigenvalue weighted by molar-refractivity contribution is 0.102. The van der Waals surface area contributed by atoms with Gasteiger partial charge in [-0.15, -0.1) is 0 Å². The summed E-state index contributed by atoms with van der Waals surface area (Å²) in [6.45, 7) is 4.90. The lowest BCUT2D eigenvalue weighted by Crippen LogP contribution is -2.13. The second-order valence-corrected chi connectivity index (χ2v) is 5.63. The largest absolute Gasteiger partial charge is 0.493 e. The molecule has 0 fully saturated rings. The zero-order chi connectivity index (χ0) is 18.2. The number of benzene rings is 2. The first-order chi connectivity index (χ1) is 12.1. The molecule has 0 saturated heterocycles. The summed E-state index contributed by atoms with van der Waals surface area (Å²) in [5.41, 5.74) is 0.973. The summed E-state index contributed by atoms with van der Waals surface area (Å²) in [5.74, 6) is 1.16. The first kappa shape index (κ1) is 18.9. The number of rotatable bonds is 8. The number of ether oxygens (including phenoxy) is 3. The van der Waals surface area contributed by atoms with E-state index in [0.717, 1.165) is 6.42 Å². The van der Waals surface area contributed by atoms with E-state index in [1.807, 2.05) is 32.0 Å². The van der Waals surface area contributed by atoms with E-state index in [1.165, 1.54) is 7.11 Å². The van der Waals surface area contributed by atoms with Gasteiger partial charge in [-0.05, 0) is 37.6 Å². The zero-order valence-corrected chi connectivity index (χ0v) is 15.4. The number of amides is 1. The normalized spacial score (nSPS) is 10.2. The van der Waals surface area contributed by atoms with Crippen molar-refractivity contribution < 1.29 is 19.0 Å². The van der Waals surface area contributed by atoms with Gasteiger partial charge in [-0.3, -0.25) is 4.79 Å². The Morgan fingerprint density at radius 3 is 2.56 bits per heavy atom. The van der Waals surface area contributed by atoms with Crippen LogP contribution in [0.25, 0.3) is 0 Å². The molecule has 0 aliphatic rings. The molecule has 1 amide bonds. The SMILES string of the molecule is CCCOc1ccccc1NC(=O)c1cc(Cl)c(OCC)c(OC)c1. The average molecular weight is 364 g/mol. The Kier molecular flexibility index (Phi) is 6.95. The maximum absolute atomic E-state index is 12.6. The highest BCUT2D eigenvalue weighted by Gasteiger charge is 2.17. The molecule has 0 aromatic heterocycles. The summed E-state index contributed by atoms with van der Waals surface area (Å²) in [5, 5.41) is 3.17. The molecule has 0 bridgehead atoms. The molecule has 0 aliphatic carbocycles. The molecule has 0 unspecified atom stereocenters. The molecule has 2 aromatic carbocycles. The van der Waals surface area contributed by atoms with E-state index in [4.69, 9.17) is 25.8 Å². The first-order valence-corrected chi connectivity index (χ1v) is 8.52. The van der Waals surface area contributed by atoms with Crippen molar-refractivity contribution in [2.24, 2.45) is 0 Å². The van der Waals surface area contributed by atoms with Crippen LogP contribution in [0.15, 0.2) is 36.4 Å². The van der Waals surface area contributed by atoms with Crippen molar-refractivity contribution in [3.05, 3.63) is 47.0 Å². The van der Waals surface area contributed by atoms with E-state index in [0.29, 0.717) is 46.7 Å². The van der Waals surface area contributed by atoms with Crippen molar-refractivity contribution >= 4 is 23.2 Å². The second kappa shape index (κ2) is 9.18. The molecule has 2 aromatic rings. The Labute approximate surface area is 152 Å². The number of anilines is 1. The molecule has 0 atom stereocenters. The van der Waals surface area contributed by atoms with Crippen LogP contribution >= 0.6 is 11.6 Å². The minimum Gasteiger partial charge on any atom is -0.493 e. The van der Waals surface area contributed by atoms with E-state index >= 15 is 0 Å². The van der Waals surface area contributed by atoms with Crippen LogP contribution in [0.2, 0.25) is 5.02 Å². The van der Waals surface area contributed by atoms with Gasteiger partial charge in [-0.1, -0.05) is 30.7 Å². The van der Waals surface area contributed by atoms with Crippen LogP contribution in [-0.4, -0.2) is 26.2 Å². The number of carbonyl (C=O) groups is 1. The predicted molar refractivity (Wildman–Crippen MR) is 99.4 cm³/mol. The number of para-hydroxylation sites is 2. The molecule has 0 saturated carbocycles. The quantitative estimate of drug-likeness (QED) is 0.732. The number of hydrogen-bond donors (Lipinski definition) is 1. The molecular formula is C19H22ClNO4. The molecule has 5 nitrogen and oxygen atoms in total. The van der Waals surface area contributed by atoms with E-state index < -0.39 is 0 Å². The molecular weight excluding hydrogens is 342 g/mol. The molecule has 0 spiro atoms. The fraction of sp³-hybridized carbons (Fsp3) is 0.316. The smallest absolute Gasteiger partial charge is 0.255 e. The van der Waals surface area contributed by atoms with Crippen LogP contribution in [0, 0.1) is 0 Å². The van der Waals surface area contributed by atoms with E-state index in [9.17, 15) is 4.79 Å². The second-order valence-electron chi connectivity index (χ2n) is 5.22. The lowest BCUT2D eigenvalue weighted by Gasteiger charge is -2.14. The fourth-order valence-electron chi connectivity index (χ4n) is 2.24. The van der Waals surface area contributed by atoms with E-state index in [1.54, 1.807) is 18.2 Å². The number of carbonyl (C=O) groups excluding carboxylic acids is 1. The van der Waals surface area contributed by atoms with Crippen LogP contribution in [-0.2, 0) is 0 Å². The van der Waals surface area contributed by atoms with Crippen LogP contribution in [0.4, 0.5) is 5.69 Å². The standard InChI is InChI=1S/C19H22ClNO4/c1-4-10-25-16-9-7-6-8-15(16)21-19(22)13-11-14(20)18(24-5-2)17(12-13)23-3/h6-9,11-12H,4-5,10H2,1-3H3,(H,21,22). The molecule has 25 heavy (non-hydrogen) atoms. The molecule has 0 heterocycles. The maximum atomic E-state index is 12.6. The Morgan fingerprint density at radius 2 is 1.88 bits per heavy atom. The van der Waals surface area contributed by atoms with Crippen LogP contribution in [0.5, 0.6) is 17.2 Å². The van der Waals surface area contributed by atoms with E-state index in [2.05, 4.69) is 5.32 Å². The highest BCUT2D eigenvalue weighted by Crippen LogP contribution is 2.36. The Hall–Kier alpha value is -2.40.